The zero-order valence-electron chi connectivity index (χ0n) is 11.1. The van der Waals surface area contributed by atoms with E-state index in [1.165, 1.54) is 19.3 Å². The van der Waals surface area contributed by atoms with E-state index in [2.05, 4.69) is 4.98 Å². The van der Waals surface area contributed by atoms with Crippen LogP contribution in [0, 0.1) is 0 Å². The van der Waals surface area contributed by atoms with Crippen LogP contribution < -0.4 is 15.2 Å². The normalized spacial score (nSPS) is 17.0. The van der Waals surface area contributed by atoms with E-state index in [-0.39, 0.29) is 6.79 Å². The van der Waals surface area contributed by atoms with Crippen molar-refractivity contribution in [1.29, 1.82) is 0 Å². The summed E-state index contributed by atoms with van der Waals surface area (Å²) in [6.45, 7) is 0.290. The molecular formula is C16H16N2O2. The van der Waals surface area contributed by atoms with Crippen molar-refractivity contribution in [2.45, 2.75) is 25.2 Å². The number of hydrogen-bond acceptors (Lipinski definition) is 4. The van der Waals surface area contributed by atoms with E-state index >= 15 is 0 Å². The molecule has 1 saturated carbocycles. The Kier molecular flexibility index (Phi) is 2.55. The van der Waals surface area contributed by atoms with Crippen molar-refractivity contribution >= 4 is 5.69 Å². The Bertz CT molecular complexity index is 666. The fourth-order valence-corrected chi connectivity index (χ4v) is 2.81. The van der Waals surface area contributed by atoms with Gasteiger partial charge in [-0.15, -0.1) is 0 Å². The summed E-state index contributed by atoms with van der Waals surface area (Å²) in [5.41, 5.74) is 10.3. The third-order valence-corrected chi connectivity index (χ3v) is 4.20. The van der Waals surface area contributed by atoms with Gasteiger partial charge in [-0.2, -0.15) is 0 Å². The van der Waals surface area contributed by atoms with E-state index in [1.807, 2.05) is 30.5 Å². The van der Waals surface area contributed by atoms with Gasteiger partial charge in [-0.25, -0.2) is 0 Å². The highest BCUT2D eigenvalue weighted by molar-refractivity contribution is 5.79. The highest BCUT2D eigenvalue weighted by atomic mass is 16.7. The van der Waals surface area contributed by atoms with Crippen LogP contribution in [-0.2, 0) is 0 Å². The molecule has 0 spiro atoms. The maximum absolute atomic E-state index is 6.34. The first kappa shape index (κ1) is 11.6. The molecule has 1 aromatic heterocycles. The minimum Gasteiger partial charge on any atom is -0.454 e. The van der Waals surface area contributed by atoms with Gasteiger partial charge in [0.2, 0.25) is 6.79 Å². The van der Waals surface area contributed by atoms with E-state index in [9.17, 15) is 0 Å². The van der Waals surface area contributed by atoms with Crippen molar-refractivity contribution in [2.24, 2.45) is 0 Å². The van der Waals surface area contributed by atoms with Gasteiger partial charge < -0.3 is 15.2 Å². The maximum Gasteiger partial charge on any atom is 0.231 e. The molecule has 2 aromatic rings. The monoisotopic (exact) mass is 268 g/mol. The number of nitrogen functional groups attached to an aromatic ring is 1. The number of nitrogens with zero attached hydrogens (tertiary/aromatic N) is 1. The molecule has 0 amide bonds. The zero-order chi connectivity index (χ0) is 13.5. The third kappa shape index (κ3) is 1.72. The zero-order valence-corrected chi connectivity index (χ0v) is 11.1. The lowest BCUT2D eigenvalue weighted by Crippen LogP contribution is -2.13. The first-order chi connectivity index (χ1) is 9.83. The minimum absolute atomic E-state index is 0.290. The van der Waals surface area contributed by atoms with Crippen LogP contribution >= 0.6 is 0 Å². The Balaban J connectivity index is 1.78. The van der Waals surface area contributed by atoms with Crippen molar-refractivity contribution < 1.29 is 9.47 Å². The molecule has 2 aliphatic rings. The van der Waals surface area contributed by atoms with E-state index in [0.717, 1.165) is 34.0 Å². The number of benzene rings is 1. The van der Waals surface area contributed by atoms with Crippen molar-refractivity contribution in [1.82, 2.24) is 4.98 Å². The standard InChI is InChI=1S/C16H16N2O2/c17-15-12(6-7-18-16(15)10-2-1-3-10)11-4-5-13-14(8-11)20-9-19-13/h4-8,10H,1-3,9,17H2. The van der Waals surface area contributed by atoms with Gasteiger partial charge in [-0.05, 0) is 36.6 Å². The lowest BCUT2D eigenvalue weighted by atomic mass is 9.81. The highest BCUT2D eigenvalue weighted by Gasteiger charge is 2.24. The summed E-state index contributed by atoms with van der Waals surface area (Å²) < 4.78 is 10.8. The number of pyridine rings is 1. The van der Waals surface area contributed by atoms with E-state index < -0.39 is 0 Å². The first-order valence-corrected chi connectivity index (χ1v) is 6.97. The van der Waals surface area contributed by atoms with Gasteiger partial charge in [0, 0.05) is 17.7 Å². The largest absolute Gasteiger partial charge is 0.454 e. The van der Waals surface area contributed by atoms with Crippen molar-refractivity contribution in [3.8, 4) is 22.6 Å². The quantitative estimate of drug-likeness (QED) is 0.907. The van der Waals surface area contributed by atoms with Gasteiger partial charge in [0.05, 0.1) is 11.4 Å². The molecular weight excluding hydrogens is 252 g/mol. The summed E-state index contributed by atoms with van der Waals surface area (Å²) in [5.74, 6) is 2.11. The van der Waals surface area contributed by atoms with Crippen LogP contribution in [0.25, 0.3) is 11.1 Å². The Morgan fingerprint density at radius 1 is 1.10 bits per heavy atom. The molecule has 1 aliphatic heterocycles. The number of rotatable bonds is 2. The fourth-order valence-electron chi connectivity index (χ4n) is 2.81. The first-order valence-electron chi connectivity index (χ1n) is 6.97. The number of fused-ring (bicyclic) bond motifs is 1. The molecule has 20 heavy (non-hydrogen) atoms. The average Bonchev–Trinajstić information content (AvgIpc) is 2.86. The van der Waals surface area contributed by atoms with Gasteiger partial charge in [0.1, 0.15) is 0 Å². The number of anilines is 1. The number of hydrogen-bond donors (Lipinski definition) is 1. The minimum atomic E-state index is 0.290. The van der Waals surface area contributed by atoms with Gasteiger partial charge in [-0.3, -0.25) is 4.98 Å². The Morgan fingerprint density at radius 2 is 1.95 bits per heavy atom. The summed E-state index contributed by atoms with van der Waals surface area (Å²) in [5, 5.41) is 0. The molecule has 2 heterocycles. The fraction of sp³-hybridized carbons (Fsp3) is 0.312. The van der Waals surface area contributed by atoms with Gasteiger partial charge in [-0.1, -0.05) is 12.5 Å². The van der Waals surface area contributed by atoms with Crippen LogP contribution in [0.3, 0.4) is 0 Å². The number of aromatic nitrogens is 1. The predicted octanol–water partition coefficient (Wildman–Crippen LogP) is 3.33. The van der Waals surface area contributed by atoms with Gasteiger partial charge in [0.15, 0.2) is 11.5 Å². The summed E-state index contributed by atoms with van der Waals surface area (Å²) in [6, 6.07) is 7.90. The lowest BCUT2D eigenvalue weighted by molar-refractivity contribution is 0.174. The summed E-state index contributed by atoms with van der Waals surface area (Å²) in [7, 11) is 0. The van der Waals surface area contributed by atoms with Crippen LogP contribution in [0.2, 0.25) is 0 Å². The molecule has 1 aromatic carbocycles. The SMILES string of the molecule is Nc1c(-c2ccc3c(c2)OCO3)ccnc1C1CCC1. The number of nitrogens with two attached hydrogens (primary N) is 1. The van der Waals surface area contributed by atoms with E-state index in [0.29, 0.717) is 5.92 Å². The van der Waals surface area contributed by atoms with Gasteiger partial charge >= 0.3 is 0 Å². The van der Waals surface area contributed by atoms with Gasteiger partial charge in [0.25, 0.3) is 0 Å². The molecule has 0 bridgehead atoms. The second-order valence-corrected chi connectivity index (χ2v) is 5.35. The topological polar surface area (TPSA) is 57.4 Å². The molecule has 0 atom stereocenters. The summed E-state index contributed by atoms with van der Waals surface area (Å²) >= 11 is 0. The average molecular weight is 268 g/mol. The van der Waals surface area contributed by atoms with E-state index in [4.69, 9.17) is 15.2 Å². The van der Waals surface area contributed by atoms with Crippen LogP contribution in [0.1, 0.15) is 30.9 Å². The van der Waals surface area contributed by atoms with Crippen LogP contribution in [0.15, 0.2) is 30.5 Å². The van der Waals surface area contributed by atoms with Crippen molar-refractivity contribution in [3.63, 3.8) is 0 Å². The van der Waals surface area contributed by atoms with Crippen molar-refractivity contribution in [3.05, 3.63) is 36.2 Å². The summed E-state index contributed by atoms with van der Waals surface area (Å²) in [6.07, 6.45) is 5.52. The summed E-state index contributed by atoms with van der Waals surface area (Å²) in [4.78, 5) is 4.48. The molecule has 102 valence electrons. The molecule has 0 unspecified atom stereocenters. The smallest absolute Gasteiger partial charge is 0.231 e. The van der Waals surface area contributed by atoms with Crippen LogP contribution in [0.4, 0.5) is 5.69 Å². The Morgan fingerprint density at radius 3 is 2.75 bits per heavy atom. The van der Waals surface area contributed by atoms with Crippen LogP contribution in [0.5, 0.6) is 11.5 Å². The Labute approximate surface area is 117 Å². The molecule has 0 saturated heterocycles. The third-order valence-electron chi connectivity index (χ3n) is 4.20. The Hall–Kier alpha value is -2.23. The van der Waals surface area contributed by atoms with Crippen molar-refractivity contribution in [2.75, 3.05) is 12.5 Å². The second-order valence-electron chi connectivity index (χ2n) is 5.35. The molecule has 4 nitrogen and oxygen atoms in total. The molecule has 1 fully saturated rings. The number of ether oxygens (including phenoxy) is 2. The molecule has 0 radical (unpaired) electrons. The molecule has 2 N–H and O–H groups in total. The van der Waals surface area contributed by atoms with E-state index in [1.54, 1.807) is 0 Å². The molecule has 1 aliphatic carbocycles. The lowest BCUT2D eigenvalue weighted by Gasteiger charge is -2.26. The maximum atomic E-state index is 6.34. The highest BCUT2D eigenvalue weighted by Crippen LogP contribution is 2.42. The molecule has 4 rings (SSSR count). The predicted molar refractivity (Wildman–Crippen MR) is 76.8 cm³/mol. The second kappa shape index (κ2) is 4.40. The molecule has 4 heteroatoms. The van der Waals surface area contributed by atoms with Crippen LogP contribution in [-0.4, -0.2) is 11.8 Å².